The van der Waals surface area contributed by atoms with Crippen molar-refractivity contribution >= 4 is 52.1 Å². The summed E-state index contributed by atoms with van der Waals surface area (Å²) < 4.78 is 1.94. The van der Waals surface area contributed by atoms with Crippen LogP contribution < -0.4 is 10.6 Å². The maximum Gasteiger partial charge on any atom is 0.308 e. The summed E-state index contributed by atoms with van der Waals surface area (Å²) in [7, 11) is 0. The summed E-state index contributed by atoms with van der Waals surface area (Å²) in [6.07, 6.45) is -0.817. The van der Waals surface area contributed by atoms with E-state index in [0.29, 0.717) is 22.9 Å². The Kier molecular flexibility index (Phi) is 12.7. The van der Waals surface area contributed by atoms with Crippen molar-refractivity contribution in [2.24, 2.45) is 16.3 Å². The van der Waals surface area contributed by atoms with Crippen LogP contribution in [0.5, 0.6) is 0 Å². The Morgan fingerprint density at radius 3 is 2.06 bits per heavy atom. The van der Waals surface area contributed by atoms with Gasteiger partial charge in [-0.1, -0.05) is 81.4 Å². The molecule has 4 N–H and O–H groups in total. The topological polar surface area (TPSA) is 192 Å². The Morgan fingerprint density at radius 2 is 1.45 bits per heavy atom. The maximum atomic E-state index is 14.4. The minimum absolute atomic E-state index is 0.0323. The molecule has 0 spiro atoms. The quantitative estimate of drug-likeness (QED) is 0.0999. The standard InChI is InChI=1S/C50H54N8O6S2/c1-25-29(5)66-48-39(25)41(53-40(26(2)49(63)64)44-56-55-30(6)58(44)48)34-16-12-32(13-17-34)33-14-20-36(21-15-33)45(60)54-43(50(7,8)9)47(62)57-23-37(59)22-38(57)46(61)52-27(3)31-10-18-35(19-11-31)42-28(4)51-24-65-42/h10-21,24,26-27,37-38,40,43,59H,22-23H2,1-9H3,(H,52,61)(H,54,60)(H,63,64)/t26?,27-,37+,38-,40-,43+/m0/s1. The number of hydrogen-bond acceptors (Lipinski definition) is 11. The van der Waals surface area contributed by atoms with Crippen molar-refractivity contribution in [1.29, 1.82) is 0 Å². The second kappa shape index (κ2) is 18.1. The predicted octanol–water partition coefficient (Wildman–Crippen LogP) is 7.95. The fraction of sp³-hybridized carbons (Fsp3) is 0.360. The molecule has 14 nitrogen and oxygen atoms in total. The van der Waals surface area contributed by atoms with Gasteiger partial charge in [-0.15, -0.1) is 32.9 Å². The van der Waals surface area contributed by atoms with Gasteiger partial charge in [0.2, 0.25) is 11.8 Å². The van der Waals surface area contributed by atoms with Gasteiger partial charge >= 0.3 is 5.97 Å². The third-order valence-corrected chi connectivity index (χ3v) is 14.9. The number of nitrogens with one attached hydrogen (secondary N) is 2. The number of fused-ring (bicyclic) bond motifs is 3. The van der Waals surface area contributed by atoms with Crippen LogP contribution in [0.2, 0.25) is 0 Å². The molecule has 2 aliphatic rings. The second-order valence-corrected chi connectivity index (χ2v) is 20.5. The molecule has 6 atom stereocenters. The number of carboxylic acids is 1. The van der Waals surface area contributed by atoms with Crippen molar-refractivity contribution in [3.8, 4) is 26.6 Å². The maximum absolute atomic E-state index is 14.4. The van der Waals surface area contributed by atoms with Crippen LogP contribution in [0.1, 0.15) is 108 Å². The number of aliphatic carboxylic acids is 1. The van der Waals surface area contributed by atoms with Crippen LogP contribution in [-0.2, 0) is 14.4 Å². The highest BCUT2D eigenvalue weighted by Gasteiger charge is 2.45. The molecule has 6 aromatic rings. The Bertz CT molecular complexity index is 2860. The van der Waals surface area contributed by atoms with Crippen LogP contribution >= 0.6 is 22.7 Å². The van der Waals surface area contributed by atoms with Gasteiger partial charge in [0.1, 0.15) is 29.0 Å². The summed E-state index contributed by atoms with van der Waals surface area (Å²) in [4.78, 5) is 67.4. The van der Waals surface area contributed by atoms with E-state index in [1.165, 1.54) is 4.90 Å². The lowest BCUT2D eigenvalue weighted by molar-refractivity contribution is -0.142. The molecular weight excluding hydrogens is 873 g/mol. The Morgan fingerprint density at radius 1 is 0.833 bits per heavy atom. The molecule has 0 bridgehead atoms. The molecule has 66 heavy (non-hydrogen) atoms. The minimum atomic E-state index is -1.00. The highest BCUT2D eigenvalue weighted by atomic mass is 32.1. The van der Waals surface area contributed by atoms with Gasteiger partial charge in [-0.05, 0) is 86.9 Å². The summed E-state index contributed by atoms with van der Waals surface area (Å²) >= 11 is 3.18. The first-order valence-electron chi connectivity index (χ1n) is 22.0. The highest BCUT2D eigenvalue weighted by molar-refractivity contribution is 7.15. The molecule has 1 saturated heterocycles. The van der Waals surface area contributed by atoms with Gasteiger partial charge in [0.05, 0.1) is 39.9 Å². The normalized spacial score (nSPS) is 18.4. The van der Waals surface area contributed by atoms with Crippen molar-refractivity contribution in [3.63, 3.8) is 0 Å². The first-order chi connectivity index (χ1) is 31.3. The fourth-order valence-corrected chi connectivity index (χ4v) is 10.7. The molecule has 3 aromatic carbocycles. The highest BCUT2D eigenvalue weighted by Crippen LogP contribution is 2.41. The van der Waals surface area contributed by atoms with Crippen molar-refractivity contribution < 1.29 is 29.4 Å². The monoisotopic (exact) mass is 926 g/mol. The molecule has 1 fully saturated rings. The first kappa shape index (κ1) is 46.2. The number of carboxylic acid groups (broad SMARTS) is 1. The molecule has 0 saturated carbocycles. The number of thiazole rings is 1. The smallest absolute Gasteiger partial charge is 0.308 e. The van der Waals surface area contributed by atoms with Crippen LogP contribution in [0.25, 0.3) is 26.6 Å². The van der Waals surface area contributed by atoms with Crippen molar-refractivity contribution in [3.05, 3.63) is 128 Å². The molecule has 5 heterocycles. The van der Waals surface area contributed by atoms with Gasteiger partial charge in [-0.3, -0.25) is 28.7 Å². The molecule has 3 amide bonds. The van der Waals surface area contributed by atoms with Crippen molar-refractivity contribution in [1.82, 2.24) is 35.3 Å². The molecule has 16 heteroatoms. The van der Waals surface area contributed by atoms with E-state index in [0.717, 1.165) is 59.4 Å². The Hall–Kier alpha value is -6.36. The number of β-amino-alcohol motifs (C(OH)–C–C–N with tert-alkyl or cyclic N) is 1. The summed E-state index contributed by atoms with van der Waals surface area (Å²) in [6, 6.07) is 19.9. The van der Waals surface area contributed by atoms with Crippen LogP contribution in [-0.4, -0.2) is 89.0 Å². The number of thiophene rings is 1. The number of carbonyl (C=O) groups excluding carboxylic acids is 3. The number of likely N-dealkylation sites (tertiary alicyclic amines) is 1. The number of benzene rings is 3. The summed E-state index contributed by atoms with van der Waals surface area (Å²) in [5.41, 5.74) is 9.55. The number of aromatic nitrogens is 4. The van der Waals surface area contributed by atoms with Gasteiger partial charge in [0, 0.05) is 34.5 Å². The van der Waals surface area contributed by atoms with E-state index in [4.69, 9.17) is 4.99 Å². The predicted molar refractivity (Wildman–Crippen MR) is 256 cm³/mol. The first-order valence-corrected chi connectivity index (χ1v) is 23.7. The third kappa shape index (κ3) is 8.84. The zero-order valence-corrected chi connectivity index (χ0v) is 40.0. The lowest BCUT2D eigenvalue weighted by atomic mass is 9.85. The minimum Gasteiger partial charge on any atom is -0.481 e. The van der Waals surface area contributed by atoms with Crippen LogP contribution in [0.4, 0.5) is 0 Å². The average Bonchev–Trinajstić information content (AvgIpc) is 4.06. The van der Waals surface area contributed by atoms with E-state index in [1.54, 1.807) is 41.7 Å². The average molecular weight is 927 g/mol. The zero-order valence-electron chi connectivity index (χ0n) is 38.4. The lowest BCUT2D eigenvalue weighted by Crippen LogP contribution is -2.57. The summed E-state index contributed by atoms with van der Waals surface area (Å²) in [6.45, 7) is 17.0. The van der Waals surface area contributed by atoms with Crippen molar-refractivity contribution in [2.45, 2.75) is 99.0 Å². The van der Waals surface area contributed by atoms with Crippen LogP contribution in [0.15, 0.2) is 83.3 Å². The van der Waals surface area contributed by atoms with E-state index >= 15 is 0 Å². The molecule has 342 valence electrons. The number of aliphatic imine (C=N–C) groups is 1. The molecule has 2 aliphatic heterocycles. The molecule has 0 radical (unpaired) electrons. The van der Waals surface area contributed by atoms with Gasteiger partial charge in [-0.2, -0.15) is 0 Å². The zero-order chi connectivity index (χ0) is 47.4. The van der Waals surface area contributed by atoms with E-state index < -0.39 is 53.3 Å². The number of amides is 3. The third-order valence-electron chi connectivity index (χ3n) is 12.7. The second-order valence-electron chi connectivity index (χ2n) is 18.4. The van der Waals surface area contributed by atoms with E-state index in [9.17, 15) is 29.4 Å². The number of hydrogen-bond donors (Lipinski definition) is 4. The number of nitrogens with zero attached hydrogens (tertiary/aromatic N) is 6. The van der Waals surface area contributed by atoms with Gasteiger partial charge in [0.25, 0.3) is 5.91 Å². The lowest BCUT2D eigenvalue weighted by Gasteiger charge is -2.35. The number of aliphatic hydroxyl groups is 1. The van der Waals surface area contributed by atoms with Gasteiger partial charge in [-0.25, -0.2) is 4.98 Å². The number of rotatable bonds is 11. The van der Waals surface area contributed by atoms with Crippen LogP contribution in [0, 0.1) is 39.0 Å². The van der Waals surface area contributed by atoms with Gasteiger partial charge < -0.3 is 25.7 Å². The molecule has 0 aliphatic carbocycles. The SMILES string of the molecule is Cc1ncsc1-c1ccc([C@H](C)NC(=O)[C@@H]2C[C@@H](O)CN2C(=O)[C@@H](NC(=O)c2ccc(-c3ccc(C4=N[C@@H](C(C)C(=O)O)c5nnc(C)n5-c5sc(C)c(C)c54)cc3)cc2)C(C)(C)C)cc1. The van der Waals surface area contributed by atoms with E-state index in [1.807, 2.05) is 119 Å². The molecule has 8 rings (SSSR count). The molecular formula is C50H54N8O6S2. The Labute approximate surface area is 391 Å². The largest absolute Gasteiger partial charge is 0.481 e. The number of carbonyl (C=O) groups is 4. The summed E-state index contributed by atoms with van der Waals surface area (Å²) in [5, 5.41) is 36.5. The molecule has 1 unspecified atom stereocenters. The summed E-state index contributed by atoms with van der Waals surface area (Å²) in [5.74, 6) is -1.95. The number of aliphatic hydroxyl groups excluding tert-OH is 1. The van der Waals surface area contributed by atoms with E-state index in [-0.39, 0.29) is 24.9 Å². The fourth-order valence-electron chi connectivity index (χ4n) is 8.68. The van der Waals surface area contributed by atoms with Crippen LogP contribution in [0.3, 0.4) is 0 Å². The number of aryl methyl sites for hydroxylation is 3. The van der Waals surface area contributed by atoms with E-state index in [2.05, 4.69) is 32.7 Å². The van der Waals surface area contributed by atoms with Gasteiger partial charge in [0.15, 0.2) is 5.82 Å². The molecule has 3 aromatic heterocycles. The Balaban J connectivity index is 0.969. The van der Waals surface area contributed by atoms with Crippen molar-refractivity contribution in [2.75, 3.05) is 6.54 Å².